The van der Waals surface area contributed by atoms with Crippen LogP contribution in [0.3, 0.4) is 0 Å². The van der Waals surface area contributed by atoms with E-state index in [2.05, 4.69) is 27.5 Å². The van der Waals surface area contributed by atoms with Gasteiger partial charge in [-0.05, 0) is 22.0 Å². The van der Waals surface area contributed by atoms with Crippen molar-refractivity contribution in [2.45, 2.75) is 0 Å². The fraction of sp³-hybridized carbons (Fsp3) is 0.125. The van der Waals surface area contributed by atoms with E-state index >= 15 is 0 Å². The minimum absolute atomic E-state index is 0.305. The molecule has 64 valence electrons. The molecule has 12 heavy (non-hydrogen) atoms. The number of pyridine rings is 1. The van der Waals surface area contributed by atoms with Crippen LogP contribution >= 0.6 is 27.5 Å². The van der Waals surface area contributed by atoms with Gasteiger partial charge in [0.15, 0.2) is 0 Å². The summed E-state index contributed by atoms with van der Waals surface area (Å²) in [5.74, 6) is 0.672. The third kappa shape index (κ3) is 3.24. The van der Waals surface area contributed by atoms with Crippen LogP contribution in [0.15, 0.2) is 34.5 Å². The number of hydrogen-bond donors (Lipinski definition) is 0. The SMILES string of the molecule is C=C(Cl)COc1cncc(Br)c1. The van der Waals surface area contributed by atoms with Crippen molar-refractivity contribution < 1.29 is 4.74 Å². The van der Waals surface area contributed by atoms with Gasteiger partial charge in [0.25, 0.3) is 0 Å². The van der Waals surface area contributed by atoms with Gasteiger partial charge < -0.3 is 4.74 Å². The highest BCUT2D eigenvalue weighted by Gasteiger charge is 1.95. The molecule has 0 N–H and O–H groups in total. The van der Waals surface area contributed by atoms with Crippen LogP contribution in [0.5, 0.6) is 5.75 Å². The van der Waals surface area contributed by atoms with E-state index in [1.54, 1.807) is 12.4 Å². The first-order valence-corrected chi connectivity index (χ1v) is 4.42. The molecule has 2 nitrogen and oxygen atoms in total. The van der Waals surface area contributed by atoms with E-state index in [1.165, 1.54) is 0 Å². The molecule has 1 aromatic heterocycles. The summed E-state index contributed by atoms with van der Waals surface area (Å²) < 4.78 is 6.10. The molecular weight excluding hydrogens is 241 g/mol. The highest BCUT2D eigenvalue weighted by molar-refractivity contribution is 9.10. The average Bonchev–Trinajstić information content (AvgIpc) is 2.01. The number of hydrogen-bond acceptors (Lipinski definition) is 2. The van der Waals surface area contributed by atoms with Gasteiger partial charge in [0, 0.05) is 15.7 Å². The molecule has 0 amide bonds. The highest BCUT2D eigenvalue weighted by atomic mass is 79.9. The molecule has 0 aromatic carbocycles. The molecule has 0 saturated heterocycles. The van der Waals surface area contributed by atoms with E-state index in [0.29, 0.717) is 17.4 Å². The molecule has 0 aliphatic rings. The van der Waals surface area contributed by atoms with Crippen LogP contribution in [0.4, 0.5) is 0 Å². The maximum atomic E-state index is 5.52. The van der Waals surface area contributed by atoms with Gasteiger partial charge in [-0.25, -0.2) is 0 Å². The molecule has 1 rings (SSSR count). The van der Waals surface area contributed by atoms with Crippen LogP contribution in [-0.4, -0.2) is 11.6 Å². The summed E-state index contributed by atoms with van der Waals surface area (Å²) in [5, 5.41) is 0.468. The fourth-order valence-electron chi connectivity index (χ4n) is 0.633. The lowest BCUT2D eigenvalue weighted by Crippen LogP contribution is -1.96. The van der Waals surface area contributed by atoms with Gasteiger partial charge >= 0.3 is 0 Å². The molecular formula is C8H7BrClNO. The Morgan fingerprint density at radius 3 is 3.00 bits per heavy atom. The van der Waals surface area contributed by atoms with Gasteiger partial charge in [-0.15, -0.1) is 0 Å². The smallest absolute Gasteiger partial charge is 0.139 e. The summed E-state index contributed by atoms with van der Waals surface area (Å²) in [6.45, 7) is 3.81. The van der Waals surface area contributed by atoms with Crippen LogP contribution < -0.4 is 4.74 Å². The Bertz CT molecular complexity index is 290. The van der Waals surface area contributed by atoms with Crippen LogP contribution in [0.1, 0.15) is 0 Å². The van der Waals surface area contributed by atoms with Crippen LogP contribution in [0, 0.1) is 0 Å². The monoisotopic (exact) mass is 247 g/mol. The molecule has 1 aromatic rings. The molecule has 0 aliphatic carbocycles. The first-order valence-electron chi connectivity index (χ1n) is 3.25. The lowest BCUT2D eigenvalue weighted by atomic mass is 10.5. The van der Waals surface area contributed by atoms with E-state index < -0.39 is 0 Å². The number of aromatic nitrogens is 1. The summed E-state index contributed by atoms with van der Waals surface area (Å²) in [4.78, 5) is 3.92. The molecule has 0 aliphatic heterocycles. The Morgan fingerprint density at radius 2 is 2.42 bits per heavy atom. The Hall–Kier alpha value is -0.540. The highest BCUT2D eigenvalue weighted by Crippen LogP contribution is 2.16. The maximum absolute atomic E-state index is 5.52. The summed E-state index contributed by atoms with van der Waals surface area (Å²) in [5.41, 5.74) is 0. The predicted molar refractivity (Wildman–Crippen MR) is 52.4 cm³/mol. The summed E-state index contributed by atoms with van der Waals surface area (Å²) in [7, 11) is 0. The second-order valence-electron chi connectivity index (χ2n) is 2.14. The third-order valence-corrected chi connectivity index (χ3v) is 1.62. The normalized spacial score (nSPS) is 9.50. The molecule has 0 radical (unpaired) electrons. The molecule has 0 bridgehead atoms. The number of halogens is 2. The quantitative estimate of drug-likeness (QED) is 0.820. The van der Waals surface area contributed by atoms with Crippen molar-refractivity contribution in [3.05, 3.63) is 34.5 Å². The zero-order valence-electron chi connectivity index (χ0n) is 6.26. The molecule has 0 saturated carbocycles. The first kappa shape index (κ1) is 9.55. The van der Waals surface area contributed by atoms with Gasteiger partial charge in [-0.1, -0.05) is 18.2 Å². The standard InChI is InChI=1S/C8H7BrClNO/c1-6(10)5-12-8-2-7(9)3-11-4-8/h2-4H,1,5H2. The van der Waals surface area contributed by atoms with Crippen molar-refractivity contribution in [2.75, 3.05) is 6.61 Å². The lowest BCUT2D eigenvalue weighted by molar-refractivity contribution is 0.358. The molecule has 0 spiro atoms. The molecule has 0 atom stereocenters. The lowest BCUT2D eigenvalue weighted by Gasteiger charge is -2.03. The average molecular weight is 249 g/mol. The largest absolute Gasteiger partial charge is 0.486 e. The van der Waals surface area contributed by atoms with Crippen molar-refractivity contribution in [3.8, 4) is 5.75 Å². The summed E-state index contributed by atoms with van der Waals surface area (Å²) >= 11 is 8.79. The number of ether oxygens (including phenoxy) is 1. The molecule has 0 fully saturated rings. The minimum Gasteiger partial charge on any atom is -0.486 e. The van der Waals surface area contributed by atoms with Gasteiger partial charge in [0.05, 0.1) is 6.20 Å². The number of rotatable bonds is 3. The number of nitrogens with zero attached hydrogens (tertiary/aromatic N) is 1. The second kappa shape index (κ2) is 4.48. The minimum atomic E-state index is 0.305. The Balaban J connectivity index is 2.57. The Labute approximate surface area is 84.3 Å². The zero-order chi connectivity index (χ0) is 8.97. The summed E-state index contributed by atoms with van der Waals surface area (Å²) in [6.07, 6.45) is 3.30. The predicted octanol–water partition coefficient (Wildman–Crippen LogP) is 2.98. The topological polar surface area (TPSA) is 22.1 Å². The van der Waals surface area contributed by atoms with Gasteiger partial charge in [-0.3, -0.25) is 4.98 Å². The Morgan fingerprint density at radius 1 is 1.67 bits per heavy atom. The Kier molecular flexibility index (Phi) is 3.56. The van der Waals surface area contributed by atoms with Crippen molar-refractivity contribution in [3.63, 3.8) is 0 Å². The second-order valence-corrected chi connectivity index (χ2v) is 3.59. The van der Waals surface area contributed by atoms with E-state index in [9.17, 15) is 0 Å². The van der Waals surface area contributed by atoms with E-state index in [0.717, 1.165) is 4.47 Å². The fourth-order valence-corrected chi connectivity index (χ4v) is 1.03. The zero-order valence-corrected chi connectivity index (χ0v) is 8.60. The maximum Gasteiger partial charge on any atom is 0.139 e. The molecule has 1 heterocycles. The van der Waals surface area contributed by atoms with Crippen LogP contribution in [0.25, 0.3) is 0 Å². The first-order chi connectivity index (χ1) is 5.68. The van der Waals surface area contributed by atoms with Crippen molar-refractivity contribution in [2.24, 2.45) is 0 Å². The van der Waals surface area contributed by atoms with Crippen LogP contribution in [-0.2, 0) is 0 Å². The van der Waals surface area contributed by atoms with Crippen molar-refractivity contribution >= 4 is 27.5 Å². The van der Waals surface area contributed by atoms with Crippen LogP contribution in [0.2, 0.25) is 0 Å². The van der Waals surface area contributed by atoms with Crippen molar-refractivity contribution in [1.82, 2.24) is 4.98 Å². The van der Waals surface area contributed by atoms with Gasteiger partial charge in [0.2, 0.25) is 0 Å². The van der Waals surface area contributed by atoms with E-state index in [1.807, 2.05) is 6.07 Å². The van der Waals surface area contributed by atoms with E-state index in [-0.39, 0.29) is 0 Å². The third-order valence-electron chi connectivity index (χ3n) is 1.08. The van der Waals surface area contributed by atoms with Gasteiger partial charge in [-0.2, -0.15) is 0 Å². The molecule has 0 unspecified atom stereocenters. The van der Waals surface area contributed by atoms with Gasteiger partial charge in [0.1, 0.15) is 12.4 Å². The summed E-state index contributed by atoms with van der Waals surface area (Å²) in [6, 6.07) is 1.81. The molecule has 4 heteroatoms. The van der Waals surface area contributed by atoms with Crippen molar-refractivity contribution in [1.29, 1.82) is 0 Å². The van der Waals surface area contributed by atoms with E-state index in [4.69, 9.17) is 16.3 Å².